The van der Waals surface area contributed by atoms with Crippen molar-refractivity contribution in [3.63, 3.8) is 0 Å². The van der Waals surface area contributed by atoms with E-state index in [2.05, 4.69) is 0 Å². The van der Waals surface area contributed by atoms with E-state index in [0.717, 1.165) is 29.6 Å². The third-order valence-corrected chi connectivity index (χ3v) is 7.96. The van der Waals surface area contributed by atoms with Crippen LogP contribution in [0.3, 0.4) is 0 Å². The topological polar surface area (TPSA) is 52.0 Å². The lowest BCUT2D eigenvalue weighted by molar-refractivity contribution is -0.0646. The summed E-state index contributed by atoms with van der Waals surface area (Å²) in [7, 11) is 0. The molecule has 20 heavy (non-hydrogen) atoms. The van der Waals surface area contributed by atoms with E-state index < -0.39 is 0 Å². The monoisotopic (exact) mass is 276 g/mol. The van der Waals surface area contributed by atoms with Crippen molar-refractivity contribution >= 4 is 0 Å². The van der Waals surface area contributed by atoms with Gasteiger partial charge in [0, 0.05) is 5.41 Å². The van der Waals surface area contributed by atoms with Crippen molar-refractivity contribution in [1.29, 1.82) is 0 Å². The highest BCUT2D eigenvalue weighted by molar-refractivity contribution is 5.06. The Labute approximate surface area is 124 Å². The van der Waals surface area contributed by atoms with E-state index in [1.165, 1.54) is 70.6 Å². The molecule has 1 unspecified atom stereocenters. The number of hydrogen-bond acceptors (Lipinski definition) is 2. The molecule has 4 aliphatic rings. The Balaban J connectivity index is 1.60. The van der Waals surface area contributed by atoms with Crippen molar-refractivity contribution in [1.82, 2.24) is 0 Å². The standard InChI is InChI=1S/C18H32N2/c19-17(20)18-10-3-6-16(18)15-8-7-12-4-1-2-5-13(12)14(15)9-11-18/h12-17H,1-11,19-20H2/t12?,13-,14+,15+,16-,18+/m0/s1. The average Bonchev–Trinajstić information content (AvgIpc) is 2.92. The SMILES string of the molecule is NC(N)[C@@]12CCC[C@H]1[C@@H]1CCC3CCCC[C@@H]3[C@H]1CC2. The van der Waals surface area contributed by atoms with Gasteiger partial charge in [-0.05, 0) is 74.5 Å². The fourth-order valence-electron chi connectivity index (χ4n) is 7.11. The maximum Gasteiger partial charge on any atom is 0.0581 e. The van der Waals surface area contributed by atoms with Crippen LogP contribution >= 0.6 is 0 Å². The Kier molecular flexibility index (Phi) is 3.38. The first-order valence-electron chi connectivity index (χ1n) is 9.23. The maximum absolute atomic E-state index is 6.27. The molecule has 6 atom stereocenters. The number of rotatable bonds is 1. The van der Waals surface area contributed by atoms with Gasteiger partial charge in [-0.15, -0.1) is 0 Å². The van der Waals surface area contributed by atoms with Gasteiger partial charge in [-0.25, -0.2) is 0 Å². The van der Waals surface area contributed by atoms with Crippen LogP contribution in [0.25, 0.3) is 0 Å². The molecule has 0 aromatic heterocycles. The molecular formula is C18H32N2. The molecule has 4 N–H and O–H groups in total. The van der Waals surface area contributed by atoms with E-state index in [0.29, 0.717) is 5.41 Å². The number of fused-ring (bicyclic) bond motifs is 5. The summed E-state index contributed by atoms with van der Waals surface area (Å²) in [6.07, 6.45) is 15.9. The van der Waals surface area contributed by atoms with E-state index >= 15 is 0 Å². The van der Waals surface area contributed by atoms with Crippen molar-refractivity contribution in [3.8, 4) is 0 Å². The molecule has 4 fully saturated rings. The first-order chi connectivity index (χ1) is 9.72. The molecule has 0 amide bonds. The zero-order valence-electron chi connectivity index (χ0n) is 12.9. The highest BCUT2D eigenvalue weighted by atomic mass is 14.9. The summed E-state index contributed by atoms with van der Waals surface area (Å²) in [5.41, 5.74) is 12.9. The molecule has 0 spiro atoms. The van der Waals surface area contributed by atoms with Crippen LogP contribution in [0.5, 0.6) is 0 Å². The minimum absolute atomic E-state index is 0.0694. The molecule has 4 saturated carbocycles. The summed E-state index contributed by atoms with van der Waals surface area (Å²) in [6.45, 7) is 0. The van der Waals surface area contributed by atoms with Crippen molar-refractivity contribution in [2.75, 3.05) is 0 Å². The summed E-state index contributed by atoms with van der Waals surface area (Å²) in [6, 6.07) is 0. The number of nitrogens with two attached hydrogens (primary N) is 2. The van der Waals surface area contributed by atoms with Crippen molar-refractivity contribution < 1.29 is 0 Å². The van der Waals surface area contributed by atoms with Gasteiger partial charge in [0.05, 0.1) is 6.17 Å². The Bertz CT molecular complexity index is 366. The lowest BCUT2D eigenvalue weighted by Gasteiger charge is -2.56. The summed E-state index contributed by atoms with van der Waals surface area (Å²) < 4.78 is 0. The molecule has 0 heterocycles. The Morgan fingerprint density at radius 1 is 0.700 bits per heavy atom. The molecule has 4 aliphatic carbocycles. The minimum Gasteiger partial charge on any atom is -0.316 e. The quantitative estimate of drug-likeness (QED) is 0.718. The van der Waals surface area contributed by atoms with Gasteiger partial charge in [0.1, 0.15) is 0 Å². The van der Waals surface area contributed by atoms with Crippen LogP contribution in [0, 0.1) is 35.0 Å². The molecule has 2 nitrogen and oxygen atoms in total. The Hall–Kier alpha value is -0.0800. The first kappa shape index (κ1) is 13.6. The molecule has 4 rings (SSSR count). The fraction of sp³-hybridized carbons (Fsp3) is 1.00. The maximum atomic E-state index is 6.27. The summed E-state index contributed by atoms with van der Waals surface area (Å²) in [4.78, 5) is 0. The third kappa shape index (κ3) is 1.83. The lowest BCUT2D eigenvalue weighted by atomic mass is 9.50. The Morgan fingerprint density at radius 2 is 1.55 bits per heavy atom. The molecule has 2 heteroatoms. The van der Waals surface area contributed by atoms with Crippen LogP contribution in [-0.4, -0.2) is 6.17 Å². The van der Waals surface area contributed by atoms with Gasteiger partial charge in [-0.3, -0.25) is 0 Å². The molecule has 0 radical (unpaired) electrons. The van der Waals surface area contributed by atoms with Crippen molar-refractivity contribution in [3.05, 3.63) is 0 Å². The highest BCUT2D eigenvalue weighted by Gasteiger charge is 2.56. The van der Waals surface area contributed by atoms with Gasteiger partial charge in [0.15, 0.2) is 0 Å². The fourth-order valence-corrected chi connectivity index (χ4v) is 7.11. The van der Waals surface area contributed by atoms with Crippen LogP contribution in [0.2, 0.25) is 0 Å². The molecular weight excluding hydrogens is 244 g/mol. The van der Waals surface area contributed by atoms with Gasteiger partial charge >= 0.3 is 0 Å². The normalized spacial score (nSPS) is 51.5. The third-order valence-electron chi connectivity index (χ3n) is 7.96. The first-order valence-corrected chi connectivity index (χ1v) is 9.23. The lowest BCUT2D eigenvalue weighted by Crippen LogP contribution is -2.57. The molecule has 0 aliphatic heterocycles. The van der Waals surface area contributed by atoms with Crippen LogP contribution in [0.1, 0.15) is 70.6 Å². The zero-order chi connectivity index (χ0) is 13.7. The van der Waals surface area contributed by atoms with E-state index in [1.807, 2.05) is 0 Å². The van der Waals surface area contributed by atoms with Crippen LogP contribution in [0.15, 0.2) is 0 Å². The van der Waals surface area contributed by atoms with Gasteiger partial charge in [0.25, 0.3) is 0 Å². The van der Waals surface area contributed by atoms with Crippen LogP contribution < -0.4 is 11.5 Å². The zero-order valence-corrected chi connectivity index (χ0v) is 12.9. The minimum atomic E-state index is -0.0694. The van der Waals surface area contributed by atoms with Gasteiger partial charge < -0.3 is 11.5 Å². The second kappa shape index (κ2) is 4.98. The van der Waals surface area contributed by atoms with E-state index in [1.54, 1.807) is 0 Å². The van der Waals surface area contributed by atoms with Crippen molar-refractivity contribution in [2.24, 2.45) is 46.5 Å². The Morgan fingerprint density at radius 3 is 2.40 bits per heavy atom. The molecule has 0 aromatic carbocycles. The van der Waals surface area contributed by atoms with E-state index in [9.17, 15) is 0 Å². The predicted molar refractivity (Wildman–Crippen MR) is 82.8 cm³/mol. The molecule has 0 aromatic rings. The largest absolute Gasteiger partial charge is 0.316 e. The van der Waals surface area contributed by atoms with Crippen LogP contribution in [0.4, 0.5) is 0 Å². The number of hydrogen-bond donors (Lipinski definition) is 2. The molecule has 0 saturated heterocycles. The highest BCUT2D eigenvalue weighted by Crippen LogP contribution is 2.62. The van der Waals surface area contributed by atoms with Crippen LogP contribution in [-0.2, 0) is 0 Å². The second-order valence-corrected chi connectivity index (χ2v) is 8.41. The van der Waals surface area contributed by atoms with Crippen molar-refractivity contribution in [2.45, 2.75) is 76.8 Å². The van der Waals surface area contributed by atoms with E-state index in [-0.39, 0.29) is 6.17 Å². The van der Waals surface area contributed by atoms with E-state index in [4.69, 9.17) is 11.5 Å². The van der Waals surface area contributed by atoms with Gasteiger partial charge in [-0.1, -0.05) is 25.7 Å². The smallest absolute Gasteiger partial charge is 0.0581 e. The second-order valence-electron chi connectivity index (χ2n) is 8.41. The summed E-state index contributed by atoms with van der Waals surface area (Å²) in [5.74, 6) is 5.01. The molecule has 114 valence electrons. The average molecular weight is 276 g/mol. The predicted octanol–water partition coefficient (Wildman–Crippen LogP) is 3.64. The summed E-state index contributed by atoms with van der Waals surface area (Å²) in [5, 5.41) is 0. The van der Waals surface area contributed by atoms with Gasteiger partial charge in [0.2, 0.25) is 0 Å². The summed E-state index contributed by atoms with van der Waals surface area (Å²) >= 11 is 0. The van der Waals surface area contributed by atoms with Gasteiger partial charge in [-0.2, -0.15) is 0 Å². The molecule has 0 bridgehead atoms.